The number of hydrogen-bond donors (Lipinski definition) is 1. The summed E-state index contributed by atoms with van der Waals surface area (Å²) in [5.41, 5.74) is 7.02. The van der Waals surface area contributed by atoms with Gasteiger partial charge in [0.05, 0.1) is 16.4 Å². The molecule has 1 fully saturated rings. The highest BCUT2D eigenvalue weighted by atomic mass is 35.5. The molecular formula is C12H13ClN2O. The molecule has 1 unspecified atom stereocenters. The number of carbonyl (C=O) groups is 1. The number of rotatable bonds is 2. The minimum Gasteiger partial charge on any atom is -0.396 e. The molecule has 4 heteroatoms. The Morgan fingerprint density at radius 1 is 1.56 bits per heavy atom. The second kappa shape index (κ2) is 4.18. The molecule has 2 N–H and O–H groups in total. The molecule has 1 aromatic rings. The van der Waals surface area contributed by atoms with E-state index >= 15 is 0 Å². The summed E-state index contributed by atoms with van der Waals surface area (Å²) in [5, 5.41) is 0.479. The van der Waals surface area contributed by atoms with Gasteiger partial charge in [0.2, 0.25) is 5.91 Å². The van der Waals surface area contributed by atoms with Crippen molar-refractivity contribution in [3.63, 3.8) is 0 Å². The number of hydrogen-bond acceptors (Lipinski definition) is 2. The van der Waals surface area contributed by atoms with Crippen LogP contribution in [0, 0.1) is 5.92 Å². The van der Waals surface area contributed by atoms with Crippen molar-refractivity contribution in [1.82, 2.24) is 0 Å². The molecule has 0 saturated carbocycles. The third kappa shape index (κ3) is 1.78. The second-order valence-electron chi connectivity index (χ2n) is 3.88. The van der Waals surface area contributed by atoms with Crippen LogP contribution in [0.1, 0.15) is 6.42 Å². The Kier molecular flexibility index (Phi) is 2.88. The molecule has 0 aliphatic carbocycles. The first kappa shape index (κ1) is 11.0. The maximum Gasteiger partial charge on any atom is 0.227 e. The van der Waals surface area contributed by atoms with Crippen LogP contribution in [0.15, 0.2) is 30.9 Å². The minimum absolute atomic E-state index is 0.0684. The predicted molar refractivity (Wildman–Crippen MR) is 66.5 cm³/mol. The van der Waals surface area contributed by atoms with Gasteiger partial charge in [0.1, 0.15) is 0 Å². The Labute approximate surface area is 99.5 Å². The van der Waals surface area contributed by atoms with Crippen LogP contribution in [-0.2, 0) is 4.79 Å². The number of amides is 1. The van der Waals surface area contributed by atoms with E-state index in [0.717, 1.165) is 0 Å². The summed E-state index contributed by atoms with van der Waals surface area (Å²) in [4.78, 5) is 13.5. The molecule has 3 nitrogen and oxygen atoms in total. The summed E-state index contributed by atoms with van der Waals surface area (Å²) >= 11 is 5.93. The molecule has 0 spiro atoms. The summed E-state index contributed by atoms with van der Waals surface area (Å²) in [6, 6.07) is 5.32. The van der Waals surface area contributed by atoms with E-state index in [0.29, 0.717) is 29.4 Å². The monoisotopic (exact) mass is 236 g/mol. The Morgan fingerprint density at radius 2 is 2.31 bits per heavy atom. The van der Waals surface area contributed by atoms with Crippen molar-refractivity contribution in [2.45, 2.75) is 6.42 Å². The standard InChI is InChI=1S/C12H13ClN2O/c1-2-8-6-11(16)15(7-8)10-5-3-4-9(13)12(10)14/h2-5,8H,1,6-7,14H2. The quantitative estimate of drug-likeness (QED) is 0.633. The van der Waals surface area contributed by atoms with Crippen LogP contribution in [0.3, 0.4) is 0 Å². The summed E-state index contributed by atoms with van der Waals surface area (Å²) in [6.45, 7) is 4.34. The number of anilines is 2. The van der Waals surface area contributed by atoms with E-state index in [1.807, 2.05) is 6.07 Å². The smallest absolute Gasteiger partial charge is 0.227 e. The lowest BCUT2D eigenvalue weighted by Crippen LogP contribution is -2.25. The van der Waals surface area contributed by atoms with Gasteiger partial charge in [-0.05, 0) is 12.1 Å². The van der Waals surface area contributed by atoms with Gasteiger partial charge < -0.3 is 10.6 Å². The van der Waals surface area contributed by atoms with Gasteiger partial charge in [-0.15, -0.1) is 6.58 Å². The van der Waals surface area contributed by atoms with Gasteiger partial charge in [-0.1, -0.05) is 23.7 Å². The third-order valence-electron chi connectivity index (χ3n) is 2.81. The fraction of sp³-hybridized carbons (Fsp3) is 0.250. The van der Waals surface area contributed by atoms with E-state index in [9.17, 15) is 4.79 Å². The fourth-order valence-electron chi connectivity index (χ4n) is 1.89. The number of nitrogens with zero attached hydrogens (tertiary/aromatic N) is 1. The normalized spacial score (nSPS) is 20.2. The number of nitrogens with two attached hydrogens (primary N) is 1. The molecule has 16 heavy (non-hydrogen) atoms. The molecule has 1 aromatic carbocycles. The number of halogens is 1. The first-order valence-corrected chi connectivity index (χ1v) is 5.48. The average molecular weight is 237 g/mol. The molecule has 0 bridgehead atoms. The van der Waals surface area contributed by atoms with E-state index in [4.69, 9.17) is 17.3 Å². The predicted octanol–water partition coefficient (Wildman–Crippen LogP) is 2.46. The number of para-hydroxylation sites is 1. The lowest BCUT2D eigenvalue weighted by molar-refractivity contribution is -0.117. The fourth-order valence-corrected chi connectivity index (χ4v) is 2.06. The summed E-state index contributed by atoms with van der Waals surface area (Å²) in [5.74, 6) is 0.268. The zero-order chi connectivity index (χ0) is 11.7. The molecule has 1 heterocycles. The topological polar surface area (TPSA) is 46.3 Å². The van der Waals surface area contributed by atoms with Gasteiger partial charge in [-0.25, -0.2) is 0 Å². The van der Waals surface area contributed by atoms with Gasteiger partial charge in [-0.2, -0.15) is 0 Å². The number of benzene rings is 1. The minimum atomic E-state index is 0.0684. The number of carbonyl (C=O) groups excluding carboxylic acids is 1. The summed E-state index contributed by atoms with van der Waals surface area (Å²) in [7, 11) is 0. The zero-order valence-corrected chi connectivity index (χ0v) is 9.57. The van der Waals surface area contributed by atoms with Crippen molar-refractivity contribution < 1.29 is 4.79 Å². The van der Waals surface area contributed by atoms with E-state index in [1.54, 1.807) is 23.1 Å². The van der Waals surface area contributed by atoms with E-state index in [1.165, 1.54) is 0 Å². The maximum absolute atomic E-state index is 11.8. The van der Waals surface area contributed by atoms with Gasteiger partial charge in [0.15, 0.2) is 0 Å². The summed E-state index contributed by atoms with van der Waals surface area (Å²) in [6.07, 6.45) is 2.30. The van der Waals surface area contributed by atoms with Crippen molar-refractivity contribution in [2.75, 3.05) is 17.2 Å². The van der Waals surface area contributed by atoms with Crippen LogP contribution in [0.2, 0.25) is 5.02 Å². The average Bonchev–Trinajstić information content (AvgIpc) is 2.64. The van der Waals surface area contributed by atoms with Crippen LogP contribution in [-0.4, -0.2) is 12.5 Å². The Morgan fingerprint density at radius 3 is 2.94 bits per heavy atom. The zero-order valence-electron chi connectivity index (χ0n) is 8.82. The molecule has 0 radical (unpaired) electrons. The van der Waals surface area contributed by atoms with Gasteiger partial charge in [-0.3, -0.25) is 4.79 Å². The second-order valence-corrected chi connectivity index (χ2v) is 4.28. The van der Waals surface area contributed by atoms with Crippen molar-refractivity contribution in [3.05, 3.63) is 35.9 Å². The number of nitrogen functional groups attached to an aromatic ring is 1. The summed E-state index contributed by atoms with van der Waals surface area (Å²) < 4.78 is 0. The van der Waals surface area contributed by atoms with Crippen LogP contribution in [0.4, 0.5) is 11.4 Å². The highest BCUT2D eigenvalue weighted by molar-refractivity contribution is 6.33. The Bertz CT molecular complexity index is 445. The van der Waals surface area contributed by atoms with Crippen LogP contribution in [0.25, 0.3) is 0 Å². The highest BCUT2D eigenvalue weighted by Gasteiger charge is 2.29. The first-order valence-electron chi connectivity index (χ1n) is 5.10. The van der Waals surface area contributed by atoms with Crippen molar-refractivity contribution >= 4 is 28.9 Å². The largest absolute Gasteiger partial charge is 0.396 e. The Balaban J connectivity index is 2.35. The highest BCUT2D eigenvalue weighted by Crippen LogP contribution is 2.34. The van der Waals surface area contributed by atoms with Gasteiger partial charge >= 0.3 is 0 Å². The van der Waals surface area contributed by atoms with Gasteiger partial charge in [0, 0.05) is 18.9 Å². The molecule has 0 aromatic heterocycles. The van der Waals surface area contributed by atoms with Crippen molar-refractivity contribution in [3.8, 4) is 0 Å². The molecule has 1 saturated heterocycles. The molecule has 84 valence electrons. The first-order chi connectivity index (χ1) is 7.63. The lowest BCUT2D eigenvalue weighted by Gasteiger charge is -2.18. The molecule has 1 atom stereocenters. The van der Waals surface area contributed by atoms with Crippen LogP contribution in [0.5, 0.6) is 0 Å². The van der Waals surface area contributed by atoms with E-state index in [-0.39, 0.29) is 11.8 Å². The van der Waals surface area contributed by atoms with E-state index < -0.39 is 0 Å². The molecular weight excluding hydrogens is 224 g/mol. The lowest BCUT2D eigenvalue weighted by atomic mass is 10.1. The van der Waals surface area contributed by atoms with E-state index in [2.05, 4.69) is 6.58 Å². The van der Waals surface area contributed by atoms with Crippen molar-refractivity contribution in [1.29, 1.82) is 0 Å². The molecule has 1 amide bonds. The van der Waals surface area contributed by atoms with Crippen molar-refractivity contribution in [2.24, 2.45) is 5.92 Å². The van der Waals surface area contributed by atoms with Crippen LogP contribution >= 0.6 is 11.6 Å². The van der Waals surface area contributed by atoms with Gasteiger partial charge in [0.25, 0.3) is 0 Å². The molecule has 1 aliphatic heterocycles. The molecule has 1 aliphatic rings. The third-order valence-corrected chi connectivity index (χ3v) is 3.14. The SMILES string of the molecule is C=CC1CC(=O)N(c2cccc(Cl)c2N)C1. The Hall–Kier alpha value is -1.48. The van der Waals surface area contributed by atoms with Crippen LogP contribution < -0.4 is 10.6 Å². The molecule has 2 rings (SSSR count). The maximum atomic E-state index is 11.8.